The van der Waals surface area contributed by atoms with Crippen molar-refractivity contribution < 1.29 is 19.2 Å². The number of nitriles is 1. The van der Waals surface area contributed by atoms with Crippen LogP contribution in [0, 0.1) is 11.3 Å². The second-order valence-corrected chi connectivity index (χ2v) is 6.12. The molecule has 3 N–H and O–H groups in total. The summed E-state index contributed by atoms with van der Waals surface area (Å²) in [5, 5.41) is 15.2. The first-order valence-electron chi connectivity index (χ1n) is 8.55. The van der Waals surface area contributed by atoms with Crippen LogP contribution in [0.15, 0.2) is 30.5 Å². The van der Waals surface area contributed by atoms with E-state index in [0.29, 0.717) is 22.7 Å². The summed E-state index contributed by atoms with van der Waals surface area (Å²) in [5.41, 5.74) is 3.67. The molecule has 1 fully saturated rings. The van der Waals surface area contributed by atoms with Gasteiger partial charge >= 0.3 is 0 Å². The van der Waals surface area contributed by atoms with Gasteiger partial charge in [-0.25, -0.2) is 5.48 Å². The number of carbonyl (C=O) groups excluding carboxylic acids is 2. The topological polar surface area (TPSA) is 125 Å². The number of amides is 2. The lowest BCUT2D eigenvalue weighted by Gasteiger charge is -2.15. The predicted octanol–water partition coefficient (Wildman–Crippen LogP) is 1.89. The van der Waals surface area contributed by atoms with Crippen molar-refractivity contribution in [2.75, 3.05) is 19.5 Å². The Morgan fingerprint density at radius 2 is 2.00 bits per heavy atom. The number of methoxy groups -OCH3 is 1. The van der Waals surface area contributed by atoms with E-state index in [-0.39, 0.29) is 23.2 Å². The van der Waals surface area contributed by atoms with E-state index >= 15 is 0 Å². The van der Waals surface area contributed by atoms with Gasteiger partial charge in [0.1, 0.15) is 11.8 Å². The Labute approximate surface area is 161 Å². The van der Waals surface area contributed by atoms with Crippen molar-refractivity contribution in [1.29, 1.82) is 5.26 Å². The van der Waals surface area contributed by atoms with Crippen LogP contribution in [0.2, 0.25) is 0 Å². The van der Waals surface area contributed by atoms with Gasteiger partial charge in [-0.1, -0.05) is 6.07 Å². The van der Waals surface area contributed by atoms with E-state index in [0.717, 1.165) is 12.8 Å². The molecule has 28 heavy (non-hydrogen) atoms. The number of aromatic nitrogens is 1. The summed E-state index contributed by atoms with van der Waals surface area (Å²) in [5.74, 6) is -0.534. The molecule has 0 atom stereocenters. The summed E-state index contributed by atoms with van der Waals surface area (Å²) >= 11 is 0. The molecule has 2 amide bonds. The van der Waals surface area contributed by atoms with Crippen molar-refractivity contribution in [3.8, 4) is 11.8 Å². The average Bonchev–Trinajstić information content (AvgIpc) is 3.51. The summed E-state index contributed by atoms with van der Waals surface area (Å²) in [6.45, 7) is 0. The number of pyridine rings is 1. The molecule has 1 aliphatic rings. The Morgan fingerprint density at radius 3 is 2.64 bits per heavy atom. The Hall–Kier alpha value is -3.64. The number of hydrogen-bond donors (Lipinski definition) is 3. The lowest BCUT2D eigenvalue weighted by Crippen LogP contribution is -2.27. The molecule has 1 saturated carbocycles. The van der Waals surface area contributed by atoms with Gasteiger partial charge < -0.3 is 15.4 Å². The quantitative estimate of drug-likeness (QED) is 0.625. The highest BCUT2D eigenvalue weighted by Crippen LogP contribution is 2.32. The van der Waals surface area contributed by atoms with E-state index in [1.807, 2.05) is 6.07 Å². The number of benzene rings is 1. The van der Waals surface area contributed by atoms with Crippen LogP contribution >= 0.6 is 0 Å². The number of rotatable bonds is 7. The molecule has 144 valence electrons. The molecule has 0 unspecified atom stereocenters. The second kappa shape index (κ2) is 8.37. The van der Waals surface area contributed by atoms with Crippen LogP contribution < -0.4 is 20.9 Å². The summed E-state index contributed by atoms with van der Waals surface area (Å²) in [7, 11) is 2.76. The maximum absolute atomic E-state index is 12.3. The van der Waals surface area contributed by atoms with Crippen molar-refractivity contribution in [3.63, 3.8) is 0 Å². The molecule has 0 aliphatic heterocycles. The molecule has 3 rings (SSSR count). The normalized spacial score (nSPS) is 12.6. The molecule has 0 saturated heterocycles. The molecule has 9 heteroatoms. The van der Waals surface area contributed by atoms with Crippen molar-refractivity contribution >= 4 is 23.2 Å². The third-order valence-electron chi connectivity index (χ3n) is 4.10. The first kappa shape index (κ1) is 19.1. The van der Waals surface area contributed by atoms with Gasteiger partial charge in [0.2, 0.25) is 0 Å². The smallest absolute Gasteiger partial charge is 0.278 e. The minimum absolute atomic E-state index is 0.161. The molecular weight excluding hydrogens is 362 g/mol. The first-order valence-corrected chi connectivity index (χ1v) is 8.55. The van der Waals surface area contributed by atoms with Crippen molar-refractivity contribution in [3.05, 3.63) is 47.3 Å². The number of hydroxylamine groups is 1. The Kier molecular flexibility index (Phi) is 5.72. The van der Waals surface area contributed by atoms with Gasteiger partial charge in [-0.05, 0) is 31.0 Å². The number of ether oxygens (including phenoxy) is 1. The third kappa shape index (κ3) is 4.19. The lowest BCUT2D eigenvalue weighted by molar-refractivity contribution is 0.0538. The zero-order valence-electron chi connectivity index (χ0n) is 15.4. The van der Waals surface area contributed by atoms with E-state index in [1.54, 1.807) is 18.2 Å². The molecule has 1 aromatic carbocycles. The standard InChI is InChI=1S/C19H19N5O4/c1-27-17-11(9-20)4-3-5-14(17)23-15-8-16(19(26)22-12-6-7-12)21-10-13(15)18(25)24-28-2/h3-5,8,10,12H,6-7H2,1-2H3,(H,21,23)(H,22,26)(H,24,25). The summed E-state index contributed by atoms with van der Waals surface area (Å²) < 4.78 is 5.32. The van der Waals surface area contributed by atoms with Gasteiger partial charge in [-0.2, -0.15) is 5.26 Å². The number of carbonyl (C=O) groups is 2. The molecule has 1 aromatic heterocycles. The summed E-state index contributed by atoms with van der Waals surface area (Å²) in [4.78, 5) is 33.4. The maximum atomic E-state index is 12.3. The molecular formula is C19H19N5O4. The number of anilines is 2. The second-order valence-electron chi connectivity index (χ2n) is 6.12. The first-order chi connectivity index (χ1) is 13.6. The zero-order chi connectivity index (χ0) is 20.1. The van der Waals surface area contributed by atoms with E-state index in [4.69, 9.17) is 4.74 Å². The van der Waals surface area contributed by atoms with E-state index in [9.17, 15) is 14.9 Å². The van der Waals surface area contributed by atoms with Crippen LogP contribution in [0.4, 0.5) is 11.4 Å². The molecule has 1 aliphatic carbocycles. The molecule has 1 heterocycles. The summed E-state index contributed by atoms with van der Waals surface area (Å²) in [6, 6.07) is 8.69. The number of nitrogens with one attached hydrogen (secondary N) is 3. The molecule has 0 bridgehead atoms. The van der Waals surface area contributed by atoms with Crippen LogP contribution in [-0.2, 0) is 4.84 Å². The highest BCUT2D eigenvalue weighted by molar-refractivity contribution is 6.02. The van der Waals surface area contributed by atoms with Crippen LogP contribution in [0.5, 0.6) is 5.75 Å². The molecule has 0 radical (unpaired) electrons. The fourth-order valence-electron chi connectivity index (χ4n) is 2.59. The molecule has 9 nitrogen and oxygen atoms in total. The van der Waals surface area contributed by atoms with Gasteiger partial charge in [0, 0.05) is 12.2 Å². The highest BCUT2D eigenvalue weighted by Gasteiger charge is 2.25. The number of para-hydroxylation sites is 1. The van der Waals surface area contributed by atoms with E-state index in [1.165, 1.54) is 26.5 Å². The molecule has 2 aromatic rings. The predicted molar refractivity (Wildman–Crippen MR) is 100 cm³/mol. The van der Waals surface area contributed by atoms with Gasteiger partial charge in [0.05, 0.1) is 36.7 Å². The monoisotopic (exact) mass is 381 g/mol. The minimum Gasteiger partial charge on any atom is -0.493 e. The number of nitrogens with zero attached hydrogens (tertiary/aromatic N) is 2. The van der Waals surface area contributed by atoms with Crippen LogP contribution in [0.3, 0.4) is 0 Å². The largest absolute Gasteiger partial charge is 0.493 e. The lowest BCUT2D eigenvalue weighted by atomic mass is 10.1. The van der Waals surface area contributed by atoms with E-state index in [2.05, 4.69) is 25.9 Å². The van der Waals surface area contributed by atoms with Crippen molar-refractivity contribution in [1.82, 2.24) is 15.8 Å². The highest BCUT2D eigenvalue weighted by atomic mass is 16.6. The van der Waals surface area contributed by atoms with Crippen LogP contribution in [-0.4, -0.2) is 37.1 Å². The fourth-order valence-corrected chi connectivity index (χ4v) is 2.59. The van der Waals surface area contributed by atoms with Crippen molar-refractivity contribution in [2.24, 2.45) is 0 Å². The number of hydrogen-bond acceptors (Lipinski definition) is 7. The molecule has 0 spiro atoms. The Morgan fingerprint density at radius 1 is 1.21 bits per heavy atom. The van der Waals surface area contributed by atoms with Gasteiger partial charge in [-0.15, -0.1) is 0 Å². The Balaban J connectivity index is 1.99. The zero-order valence-corrected chi connectivity index (χ0v) is 15.4. The summed E-state index contributed by atoms with van der Waals surface area (Å²) in [6.07, 6.45) is 3.19. The third-order valence-corrected chi connectivity index (χ3v) is 4.10. The maximum Gasteiger partial charge on any atom is 0.278 e. The van der Waals surface area contributed by atoms with E-state index < -0.39 is 5.91 Å². The minimum atomic E-state index is -0.540. The van der Waals surface area contributed by atoms with Gasteiger partial charge in [-0.3, -0.25) is 19.4 Å². The SMILES string of the molecule is CONC(=O)c1cnc(C(=O)NC2CC2)cc1Nc1cccc(C#N)c1OC. The van der Waals surface area contributed by atoms with Crippen molar-refractivity contribution in [2.45, 2.75) is 18.9 Å². The van der Waals surface area contributed by atoms with Crippen LogP contribution in [0.25, 0.3) is 0 Å². The fraction of sp³-hybridized carbons (Fsp3) is 0.263. The van der Waals surface area contributed by atoms with Gasteiger partial charge in [0.25, 0.3) is 11.8 Å². The Bertz CT molecular complexity index is 950. The van der Waals surface area contributed by atoms with Gasteiger partial charge in [0.15, 0.2) is 5.75 Å². The average molecular weight is 381 g/mol. The van der Waals surface area contributed by atoms with Crippen LogP contribution in [0.1, 0.15) is 39.3 Å².